The van der Waals surface area contributed by atoms with Crippen LogP contribution in [0.1, 0.15) is 64.2 Å². The summed E-state index contributed by atoms with van der Waals surface area (Å²) >= 11 is 8.79. The number of sulfonamides is 2. The van der Waals surface area contributed by atoms with E-state index in [1.807, 2.05) is 42.5 Å². The zero-order valence-corrected chi connectivity index (χ0v) is 42.2. The lowest BCUT2D eigenvalue weighted by Gasteiger charge is -2.30. The van der Waals surface area contributed by atoms with E-state index < -0.39 is 39.1 Å². The van der Waals surface area contributed by atoms with Gasteiger partial charge < -0.3 is 23.9 Å². The van der Waals surface area contributed by atoms with E-state index in [-0.39, 0.29) is 37.0 Å². The van der Waals surface area contributed by atoms with Gasteiger partial charge in [-0.05, 0) is 104 Å². The molecule has 0 radical (unpaired) electrons. The van der Waals surface area contributed by atoms with Crippen LogP contribution >= 0.6 is 23.4 Å². The summed E-state index contributed by atoms with van der Waals surface area (Å²) in [5.41, 5.74) is 5.35. The molecule has 366 valence electrons. The van der Waals surface area contributed by atoms with Gasteiger partial charge in [0.1, 0.15) is 23.0 Å². The van der Waals surface area contributed by atoms with Crippen LogP contribution in [0.25, 0.3) is 32.8 Å². The van der Waals surface area contributed by atoms with E-state index in [2.05, 4.69) is 5.10 Å². The quantitative estimate of drug-likeness (QED) is 0.0340. The lowest BCUT2D eigenvalue weighted by atomic mass is 9.97. The number of hydrazine groups is 1. The standard InChI is InChI=1S/C48H53ClFN7O9S3/c1-7-65-48(59)47-38(10-9-21-66-43-25-36(23-31-22-32(50)14-17-37(31)43)67-29-30-12-15-35(64-4)16-13-30)39-18-19-40(49)44(46(39)53(47)2)45-41(52-55-20-8-11-42(45)55)27-57(69(6,62)63)56(68(5,60)61)26-33-24-34(28-58)54(3)51-33/h12-19,22-25,58H,7-11,20-21,26-29H2,1-6H3. The van der Waals surface area contributed by atoms with E-state index in [1.54, 1.807) is 61.3 Å². The van der Waals surface area contributed by atoms with Crippen LogP contribution in [0.2, 0.25) is 5.02 Å². The summed E-state index contributed by atoms with van der Waals surface area (Å²) in [7, 11) is -3.59. The summed E-state index contributed by atoms with van der Waals surface area (Å²) in [6.07, 6.45) is 3.99. The molecule has 16 nitrogen and oxygen atoms in total. The van der Waals surface area contributed by atoms with E-state index in [4.69, 9.17) is 30.9 Å². The molecule has 21 heteroatoms. The molecule has 1 aliphatic rings. The number of carbonyl (C=O) groups excluding carboxylic acids is 1. The Kier molecular flexibility index (Phi) is 14.8. The van der Waals surface area contributed by atoms with Gasteiger partial charge in [-0.1, -0.05) is 29.8 Å². The van der Waals surface area contributed by atoms with Gasteiger partial charge in [0.15, 0.2) is 0 Å². The zero-order chi connectivity index (χ0) is 49.4. The van der Waals surface area contributed by atoms with Gasteiger partial charge in [-0.15, -0.1) is 20.6 Å². The Morgan fingerprint density at radius 3 is 2.33 bits per heavy atom. The first-order chi connectivity index (χ1) is 32.9. The van der Waals surface area contributed by atoms with Crippen molar-refractivity contribution in [3.05, 3.63) is 123 Å². The van der Waals surface area contributed by atoms with Gasteiger partial charge in [0.05, 0.1) is 80.2 Å². The molecule has 0 saturated heterocycles. The topological polar surface area (TPSA) is 180 Å². The van der Waals surface area contributed by atoms with Crippen molar-refractivity contribution in [2.75, 3.05) is 32.8 Å². The zero-order valence-electron chi connectivity index (χ0n) is 39.0. The third-order valence-electron chi connectivity index (χ3n) is 12.1. The van der Waals surface area contributed by atoms with Crippen LogP contribution in [-0.2, 0) is 83.7 Å². The molecular weight excluding hydrogens is 969 g/mol. The Labute approximate surface area is 409 Å². The van der Waals surface area contributed by atoms with Gasteiger partial charge in [0.2, 0.25) is 20.0 Å². The van der Waals surface area contributed by atoms with Gasteiger partial charge in [-0.2, -0.15) is 10.2 Å². The molecule has 1 aliphatic heterocycles. The molecular formula is C48H53ClFN7O9S3. The van der Waals surface area contributed by atoms with Crippen molar-refractivity contribution >= 4 is 71.1 Å². The van der Waals surface area contributed by atoms with Crippen LogP contribution in [-0.4, -0.2) is 93.7 Å². The van der Waals surface area contributed by atoms with Crippen LogP contribution in [0, 0.1) is 5.82 Å². The Morgan fingerprint density at radius 2 is 1.65 bits per heavy atom. The molecule has 0 spiro atoms. The fourth-order valence-corrected chi connectivity index (χ4v) is 12.3. The molecule has 4 aromatic carbocycles. The number of hydrogen-bond acceptors (Lipinski definition) is 12. The molecule has 0 bridgehead atoms. The average Bonchev–Trinajstić information content (AvgIpc) is 4.06. The maximum absolute atomic E-state index is 14.5. The maximum atomic E-state index is 14.5. The summed E-state index contributed by atoms with van der Waals surface area (Å²) in [4.78, 5) is 14.9. The predicted octanol–water partition coefficient (Wildman–Crippen LogP) is 7.79. The number of fused-ring (bicyclic) bond motifs is 3. The van der Waals surface area contributed by atoms with Gasteiger partial charge in [0, 0.05) is 58.9 Å². The number of methoxy groups -OCH3 is 1. The summed E-state index contributed by atoms with van der Waals surface area (Å²) in [6.45, 7) is 1.33. The summed E-state index contributed by atoms with van der Waals surface area (Å²) in [5.74, 6) is 1.13. The SMILES string of the molecule is CCOC(=O)c1c(CCCOc2cc(SCc3ccc(OC)cc3)cc3cc(F)ccc23)c2ccc(Cl)c(-c3c(CN(N(Cc4cc(CO)n(C)n4)S(C)(=O)=O)S(C)(=O)=O)nn4c3CCC4)c2n1C. The second kappa shape index (κ2) is 20.5. The summed E-state index contributed by atoms with van der Waals surface area (Å²) in [5, 5.41) is 21.4. The second-order valence-corrected chi connectivity index (χ2v) is 22.0. The molecule has 69 heavy (non-hydrogen) atoms. The predicted molar refractivity (Wildman–Crippen MR) is 264 cm³/mol. The van der Waals surface area contributed by atoms with E-state index in [1.165, 1.54) is 22.9 Å². The summed E-state index contributed by atoms with van der Waals surface area (Å²) < 4.78 is 92.7. The van der Waals surface area contributed by atoms with Crippen molar-refractivity contribution < 1.29 is 45.3 Å². The smallest absolute Gasteiger partial charge is 0.355 e. The van der Waals surface area contributed by atoms with E-state index in [0.717, 1.165) is 55.0 Å². The Bertz CT molecular complexity index is 3300. The Morgan fingerprint density at radius 1 is 0.928 bits per heavy atom. The van der Waals surface area contributed by atoms with E-state index in [9.17, 15) is 31.1 Å². The fraction of sp³-hybridized carbons (Fsp3) is 0.354. The number of thioether (sulfide) groups is 1. The fourth-order valence-electron chi connectivity index (χ4n) is 8.93. The van der Waals surface area contributed by atoms with Crippen molar-refractivity contribution in [1.29, 1.82) is 0 Å². The number of esters is 1. The van der Waals surface area contributed by atoms with Gasteiger partial charge in [0.25, 0.3) is 0 Å². The molecule has 0 atom stereocenters. The van der Waals surface area contributed by atoms with Crippen LogP contribution < -0.4 is 9.47 Å². The van der Waals surface area contributed by atoms with Gasteiger partial charge in [-0.3, -0.25) is 9.36 Å². The molecule has 7 aromatic rings. The maximum Gasteiger partial charge on any atom is 0.355 e. The molecule has 0 amide bonds. The molecule has 0 fully saturated rings. The molecule has 3 aromatic heterocycles. The summed E-state index contributed by atoms with van der Waals surface area (Å²) in [6, 6.07) is 21.4. The minimum absolute atomic E-state index is 0.121. The minimum Gasteiger partial charge on any atom is -0.497 e. The van der Waals surface area contributed by atoms with Crippen LogP contribution in [0.4, 0.5) is 4.39 Å². The monoisotopic (exact) mass is 1020 g/mol. The Balaban J connectivity index is 1.14. The van der Waals surface area contributed by atoms with Crippen LogP contribution in [0.15, 0.2) is 77.7 Å². The molecule has 4 heterocycles. The van der Waals surface area contributed by atoms with Gasteiger partial charge in [-0.25, -0.2) is 26.0 Å². The number of halogens is 2. The number of benzene rings is 4. The second-order valence-electron chi connectivity index (χ2n) is 16.8. The number of carbonyl (C=O) groups is 1. The Hall–Kier alpha value is -5.48. The van der Waals surface area contributed by atoms with E-state index in [0.29, 0.717) is 86.7 Å². The number of aromatic nitrogens is 5. The van der Waals surface area contributed by atoms with Crippen molar-refractivity contribution in [2.45, 2.75) is 69.5 Å². The molecule has 0 saturated carbocycles. The van der Waals surface area contributed by atoms with Gasteiger partial charge >= 0.3 is 5.97 Å². The van der Waals surface area contributed by atoms with Crippen molar-refractivity contribution in [1.82, 2.24) is 33.0 Å². The first kappa shape index (κ1) is 49.9. The first-order valence-corrected chi connectivity index (χ1v) is 27.2. The third kappa shape index (κ3) is 10.5. The molecule has 0 aliphatic carbocycles. The largest absolute Gasteiger partial charge is 0.497 e. The number of rotatable bonds is 20. The lowest BCUT2D eigenvalue weighted by molar-refractivity contribution is 0.0514. The average molecular weight is 1020 g/mol. The number of aryl methyl sites for hydroxylation is 4. The molecule has 8 rings (SSSR count). The first-order valence-electron chi connectivity index (χ1n) is 22.2. The van der Waals surface area contributed by atoms with Crippen LogP contribution in [0.3, 0.4) is 0 Å². The highest BCUT2D eigenvalue weighted by atomic mass is 35.5. The molecule has 1 N–H and O–H groups in total. The highest BCUT2D eigenvalue weighted by Crippen LogP contribution is 2.44. The lowest BCUT2D eigenvalue weighted by Crippen LogP contribution is -2.48. The minimum atomic E-state index is -4.30. The number of nitrogens with zero attached hydrogens (tertiary/aromatic N) is 7. The van der Waals surface area contributed by atoms with Crippen molar-refractivity contribution in [3.63, 3.8) is 0 Å². The van der Waals surface area contributed by atoms with Crippen LogP contribution in [0.5, 0.6) is 11.5 Å². The van der Waals surface area contributed by atoms with Crippen molar-refractivity contribution in [3.8, 4) is 22.6 Å². The number of ether oxygens (including phenoxy) is 3. The molecule has 0 unspecified atom stereocenters. The number of hydrogen-bond donors (Lipinski definition) is 1. The van der Waals surface area contributed by atoms with E-state index >= 15 is 0 Å². The normalized spacial score (nSPS) is 13.0. The third-order valence-corrected chi connectivity index (χ3v) is 15.7. The number of aliphatic hydroxyl groups is 1. The van der Waals surface area contributed by atoms with Crippen molar-refractivity contribution in [2.24, 2.45) is 14.1 Å². The highest BCUT2D eigenvalue weighted by molar-refractivity contribution is 7.98. The number of aliphatic hydroxyl groups excluding tert-OH is 1. The highest BCUT2D eigenvalue weighted by Gasteiger charge is 2.37.